The minimum atomic E-state index is -0.531. The maximum Gasteiger partial charge on any atom is 0.293 e. The van der Waals surface area contributed by atoms with Gasteiger partial charge in [0.1, 0.15) is 5.69 Å². The van der Waals surface area contributed by atoms with E-state index in [0.29, 0.717) is 43.1 Å². The second-order valence-electron chi connectivity index (χ2n) is 8.45. The summed E-state index contributed by atoms with van der Waals surface area (Å²) in [5, 5.41) is 17.7. The molecule has 1 fully saturated rings. The van der Waals surface area contributed by atoms with E-state index in [1.807, 2.05) is 19.1 Å². The van der Waals surface area contributed by atoms with E-state index in [1.54, 1.807) is 42.3 Å². The minimum Gasteiger partial charge on any atom is -0.378 e. The lowest BCUT2D eigenvalue weighted by atomic mass is 10.0. The quantitative estimate of drug-likeness (QED) is 0.376. The van der Waals surface area contributed by atoms with Crippen LogP contribution in [0, 0.1) is 17.0 Å². The Bertz CT molecular complexity index is 1270. The van der Waals surface area contributed by atoms with Gasteiger partial charge >= 0.3 is 0 Å². The fraction of sp³-hybridized carbons (Fsp3) is 0.269. The second-order valence-corrected chi connectivity index (χ2v) is 8.45. The maximum absolute atomic E-state index is 13.0. The first-order chi connectivity index (χ1) is 17.3. The van der Waals surface area contributed by atoms with Gasteiger partial charge in [-0.15, -0.1) is 0 Å². The van der Waals surface area contributed by atoms with Crippen LogP contribution in [0.25, 0.3) is 0 Å². The number of anilines is 2. The van der Waals surface area contributed by atoms with Gasteiger partial charge < -0.3 is 20.3 Å². The summed E-state index contributed by atoms with van der Waals surface area (Å²) in [5.74, 6) is -0.638. The van der Waals surface area contributed by atoms with Crippen LogP contribution in [0.2, 0.25) is 0 Å². The molecule has 2 heterocycles. The Morgan fingerprint density at radius 3 is 2.56 bits per heavy atom. The number of carbonyl (C=O) groups excluding carboxylic acids is 2. The molecule has 2 amide bonds. The van der Waals surface area contributed by atoms with Crippen molar-refractivity contribution < 1.29 is 19.2 Å². The molecule has 1 saturated heterocycles. The summed E-state index contributed by atoms with van der Waals surface area (Å²) in [6, 6.07) is 14.6. The summed E-state index contributed by atoms with van der Waals surface area (Å²) in [6.45, 7) is 5.62. The third-order valence-electron chi connectivity index (χ3n) is 6.07. The molecule has 10 nitrogen and oxygen atoms in total. The van der Waals surface area contributed by atoms with E-state index >= 15 is 0 Å². The van der Waals surface area contributed by atoms with E-state index < -0.39 is 10.8 Å². The van der Waals surface area contributed by atoms with Crippen LogP contribution in [0.1, 0.15) is 44.9 Å². The summed E-state index contributed by atoms with van der Waals surface area (Å²) in [6.07, 6.45) is 1.65. The van der Waals surface area contributed by atoms with Crippen LogP contribution in [0.5, 0.6) is 0 Å². The normalized spacial score (nSPS) is 14.1. The lowest BCUT2D eigenvalue weighted by molar-refractivity contribution is -0.384. The zero-order valence-corrected chi connectivity index (χ0v) is 20.1. The number of amides is 2. The summed E-state index contributed by atoms with van der Waals surface area (Å²) < 4.78 is 5.31. The predicted octanol–water partition coefficient (Wildman–Crippen LogP) is 4.20. The van der Waals surface area contributed by atoms with Gasteiger partial charge in [-0.3, -0.25) is 24.7 Å². The van der Waals surface area contributed by atoms with E-state index in [9.17, 15) is 19.7 Å². The third-order valence-corrected chi connectivity index (χ3v) is 6.07. The van der Waals surface area contributed by atoms with Crippen LogP contribution in [-0.4, -0.2) is 52.9 Å². The van der Waals surface area contributed by atoms with Gasteiger partial charge in [-0.1, -0.05) is 12.1 Å². The van der Waals surface area contributed by atoms with Gasteiger partial charge in [0, 0.05) is 42.2 Å². The molecule has 1 aliphatic rings. The molecule has 0 radical (unpaired) electrons. The number of aromatic nitrogens is 1. The Labute approximate surface area is 208 Å². The molecular weight excluding hydrogens is 462 g/mol. The van der Waals surface area contributed by atoms with Crippen molar-refractivity contribution in [1.82, 2.24) is 9.88 Å². The highest BCUT2D eigenvalue weighted by molar-refractivity contribution is 6.06. The molecule has 4 rings (SSSR count). The average Bonchev–Trinajstić information content (AvgIpc) is 2.90. The minimum absolute atomic E-state index is 0.125. The second kappa shape index (κ2) is 11.0. The van der Waals surface area contributed by atoms with E-state index in [-0.39, 0.29) is 28.9 Å². The number of nitro benzene ring substituents is 1. The fourth-order valence-electron chi connectivity index (χ4n) is 4.02. The number of nitro groups is 1. The highest BCUT2D eigenvalue weighted by Gasteiger charge is 2.23. The Balaban J connectivity index is 1.53. The molecule has 36 heavy (non-hydrogen) atoms. The molecule has 1 atom stereocenters. The summed E-state index contributed by atoms with van der Waals surface area (Å²) in [5.41, 5.74) is 2.50. The number of nitrogens with zero attached hydrogens (tertiary/aromatic N) is 3. The first kappa shape index (κ1) is 24.8. The lowest BCUT2D eigenvalue weighted by Gasteiger charge is -2.27. The Hall–Kier alpha value is -4.31. The number of hydrogen-bond donors (Lipinski definition) is 2. The zero-order chi connectivity index (χ0) is 25.7. The van der Waals surface area contributed by atoms with Crippen molar-refractivity contribution in [2.45, 2.75) is 19.9 Å². The number of carbonyl (C=O) groups is 2. The number of hydrogen-bond acceptors (Lipinski definition) is 7. The highest BCUT2D eigenvalue weighted by Crippen LogP contribution is 2.30. The van der Waals surface area contributed by atoms with Gasteiger partial charge in [-0.05, 0) is 55.8 Å². The smallest absolute Gasteiger partial charge is 0.293 e. The van der Waals surface area contributed by atoms with Crippen LogP contribution in [0.15, 0.2) is 60.8 Å². The first-order valence-electron chi connectivity index (χ1n) is 11.6. The largest absolute Gasteiger partial charge is 0.378 e. The predicted molar refractivity (Wildman–Crippen MR) is 135 cm³/mol. The number of ether oxygens (including phenoxy) is 1. The van der Waals surface area contributed by atoms with E-state index in [2.05, 4.69) is 15.6 Å². The number of benzene rings is 2. The van der Waals surface area contributed by atoms with Crippen LogP contribution >= 0.6 is 0 Å². The monoisotopic (exact) mass is 489 g/mol. The molecular formula is C26H27N5O5. The number of pyridine rings is 1. The van der Waals surface area contributed by atoms with Crippen molar-refractivity contribution in [3.63, 3.8) is 0 Å². The third kappa shape index (κ3) is 5.49. The van der Waals surface area contributed by atoms with Crippen LogP contribution < -0.4 is 10.6 Å². The maximum atomic E-state index is 13.0. The molecule has 1 unspecified atom stereocenters. The molecule has 2 N–H and O–H groups in total. The molecule has 0 spiro atoms. The lowest BCUT2D eigenvalue weighted by Crippen LogP contribution is -2.41. The van der Waals surface area contributed by atoms with Crippen molar-refractivity contribution in [3.8, 4) is 0 Å². The van der Waals surface area contributed by atoms with Gasteiger partial charge in [-0.25, -0.2) is 0 Å². The molecule has 3 aromatic rings. The molecule has 0 saturated carbocycles. The van der Waals surface area contributed by atoms with Crippen molar-refractivity contribution >= 4 is 28.9 Å². The van der Waals surface area contributed by atoms with Crippen LogP contribution in [-0.2, 0) is 4.74 Å². The van der Waals surface area contributed by atoms with Crippen LogP contribution in [0.4, 0.5) is 17.1 Å². The van der Waals surface area contributed by atoms with Crippen molar-refractivity contribution in [3.05, 3.63) is 93.3 Å². The van der Waals surface area contributed by atoms with Gasteiger partial charge in [0.25, 0.3) is 17.5 Å². The highest BCUT2D eigenvalue weighted by atomic mass is 16.6. The van der Waals surface area contributed by atoms with Crippen molar-refractivity contribution in [2.24, 2.45) is 0 Å². The Morgan fingerprint density at radius 1 is 1.08 bits per heavy atom. The molecule has 10 heteroatoms. The van der Waals surface area contributed by atoms with E-state index in [4.69, 9.17) is 4.74 Å². The zero-order valence-electron chi connectivity index (χ0n) is 20.1. The van der Waals surface area contributed by atoms with E-state index in [1.165, 1.54) is 18.2 Å². The van der Waals surface area contributed by atoms with Crippen LogP contribution in [0.3, 0.4) is 0 Å². The first-order valence-corrected chi connectivity index (χ1v) is 11.6. The number of nitrogens with one attached hydrogen (secondary N) is 2. The van der Waals surface area contributed by atoms with Gasteiger partial charge in [-0.2, -0.15) is 0 Å². The van der Waals surface area contributed by atoms with Crippen molar-refractivity contribution in [1.29, 1.82) is 0 Å². The van der Waals surface area contributed by atoms with E-state index in [0.717, 1.165) is 5.69 Å². The molecule has 0 bridgehead atoms. The Morgan fingerprint density at radius 2 is 1.86 bits per heavy atom. The topological polar surface area (TPSA) is 127 Å². The molecule has 1 aromatic heterocycles. The standard InChI is InChI=1S/C26H27N5O5/c1-17-20(26(33)30-12-14-36-15-13-30)6-5-8-21(17)29-25(32)19-9-10-23(24(16-19)31(34)35)28-18(2)22-7-3-4-11-27-22/h3-11,16,18,28H,12-15H2,1-2H3,(H,29,32). The van der Waals surface area contributed by atoms with Crippen molar-refractivity contribution in [2.75, 3.05) is 36.9 Å². The van der Waals surface area contributed by atoms with Gasteiger partial charge in [0.05, 0.1) is 29.9 Å². The average molecular weight is 490 g/mol. The Kier molecular flexibility index (Phi) is 7.55. The number of rotatable bonds is 7. The number of morpholine rings is 1. The van der Waals surface area contributed by atoms with Gasteiger partial charge in [0.2, 0.25) is 0 Å². The fourth-order valence-corrected chi connectivity index (χ4v) is 4.02. The molecule has 2 aromatic carbocycles. The SMILES string of the molecule is Cc1c(NC(=O)c2ccc(NC(C)c3ccccn3)c([N+](=O)[O-])c2)cccc1C(=O)N1CCOCC1. The summed E-state index contributed by atoms with van der Waals surface area (Å²) >= 11 is 0. The summed E-state index contributed by atoms with van der Waals surface area (Å²) in [4.78, 5) is 43.2. The summed E-state index contributed by atoms with van der Waals surface area (Å²) in [7, 11) is 0. The molecule has 1 aliphatic heterocycles. The molecule has 0 aliphatic carbocycles. The molecule has 186 valence electrons. The van der Waals surface area contributed by atoms with Gasteiger partial charge in [0.15, 0.2) is 0 Å².